The van der Waals surface area contributed by atoms with Gasteiger partial charge in [-0.25, -0.2) is 13.9 Å². The van der Waals surface area contributed by atoms with Gasteiger partial charge >= 0.3 is 0 Å². The highest BCUT2D eigenvalue weighted by Crippen LogP contribution is 2.34. The van der Waals surface area contributed by atoms with Crippen LogP contribution in [-0.4, -0.2) is 37.0 Å². The maximum absolute atomic E-state index is 13.6. The fourth-order valence-electron chi connectivity index (χ4n) is 3.05. The van der Waals surface area contributed by atoms with E-state index in [1.54, 1.807) is 68.7 Å². The molecule has 2 aromatic carbocycles. The second-order valence-electron chi connectivity index (χ2n) is 7.43. The Morgan fingerprint density at radius 3 is 2.21 bits per heavy atom. The van der Waals surface area contributed by atoms with E-state index in [4.69, 9.17) is 4.74 Å². The molecule has 0 saturated heterocycles. The minimum absolute atomic E-state index is 0.0451. The Morgan fingerprint density at radius 1 is 1.11 bits per heavy atom. The molecule has 0 bridgehead atoms. The van der Waals surface area contributed by atoms with Crippen molar-refractivity contribution in [3.8, 4) is 5.75 Å². The molecule has 0 radical (unpaired) electrons. The van der Waals surface area contributed by atoms with Crippen LogP contribution in [0.3, 0.4) is 0 Å². The number of methoxy groups -OCH3 is 1. The van der Waals surface area contributed by atoms with Crippen molar-refractivity contribution in [3.05, 3.63) is 60.2 Å². The molecule has 152 valence electrons. The third-order valence-electron chi connectivity index (χ3n) is 4.30. The summed E-state index contributed by atoms with van der Waals surface area (Å²) in [6.45, 7) is 5.17. The van der Waals surface area contributed by atoms with Crippen molar-refractivity contribution < 1.29 is 23.2 Å². The summed E-state index contributed by atoms with van der Waals surface area (Å²) in [5.41, 5.74) is 1.53. The number of nitrogens with zero attached hydrogens (tertiary/aromatic N) is 1. The molecule has 0 fully saturated rings. The number of hydrogen-bond donors (Lipinski definition) is 2. The zero-order chi connectivity index (χ0) is 20.9. The van der Waals surface area contributed by atoms with Crippen molar-refractivity contribution in [3.63, 3.8) is 0 Å². The SMILES string of the molecule is COc1ccccc1S(=O)(=O)N(Cc1ccccc1)[C@@H](C(=O)NO)C(C)(C)C. The Balaban J connectivity index is 2.67. The average Bonchev–Trinajstić information content (AvgIpc) is 2.67. The van der Waals surface area contributed by atoms with Crippen molar-refractivity contribution in [2.24, 2.45) is 5.41 Å². The number of nitrogens with one attached hydrogen (secondary N) is 1. The Bertz CT molecular complexity index is 908. The fraction of sp³-hybridized carbons (Fsp3) is 0.350. The number of para-hydroxylation sites is 1. The summed E-state index contributed by atoms with van der Waals surface area (Å²) in [4.78, 5) is 12.5. The smallest absolute Gasteiger partial charge is 0.262 e. The van der Waals surface area contributed by atoms with E-state index in [0.29, 0.717) is 5.56 Å². The molecule has 0 aliphatic rings. The molecule has 1 amide bonds. The maximum Gasteiger partial charge on any atom is 0.262 e. The van der Waals surface area contributed by atoms with E-state index in [1.165, 1.54) is 13.2 Å². The van der Waals surface area contributed by atoms with Crippen LogP contribution >= 0.6 is 0 Å². The number of carbonyl (C=O) groups is 1. The molecule has 7 nitrogen and oxygen atoms in total. The van der Waals surface area contributed by atoms with E-state index >= 15 is 0 Å². The van der Waals surface area contributed by atoms with E-state index in [0.717, 1.165) is 4.31 Å². The lowest BCUT2D eigenvalue weighted by Crippen LogP contribution is -2.54. The highest BCUT2D eigenvalue weighted by Gasteiger charge is 2.43. The first-order valence-corrected chi connectivity index (χ1v) is 10.2. The Kier molecular flexibility index (Phi) is 6.82. The largest absolute Gasteiger partial charge is 0.495 e. The van der Waals surface area contributed by atoms with Gasteiger partial charge in [0.05, 0.1) is 7.11 Å². The topological polar surface area (TPSA) is 95.9 Å². The van der Waals surface area contributed by atoms with E-state index in [1.807, 2.05) is 6.07 Å². The molecule has 0 aliphatic heterocycles. The van der Waals surface area contributed by atoms with Crippen LogP contribution in [0.1, 0.15) is 26.3 Å². The molecule has 2 rings (SSSR count). The highest BCUT2D eigenvalue weighted by molar-refractivity contribution is 7.89. The third-order valence-corrected chi connectivity index (χ3v) is 6.15. The van der Waals surface area contributed by atoms with Gasteiger partial charge in [0.1, 0.15) is 16.7 Å². The lowest BCUT2D eigenvalue weighted by molar-refractivity contribution is -0.136. The molecule has 0 heterocycles. The molecule has 0 aliphatic carbocycles. The monoisotopic (exact) mass is 406 g/mol. The minimum Gasteiger partial charge on any atom is -0.495 e. The lowest BCUT2D eigenvalue weighted by Gasteiger charge is -2.37. The summed E-state index contributed by atoms with van der Waals surface area (Å²) in [6, 6.07) is 14.0. The van der Waals surface area contributed by atoms with Gasteiger partial charge in [0.15, 0.2) is 0 Å². The minimum atomic E-state index is -4.14. The van der Waals surface area contributed by atoms with Gasteiger partial charge in [0, 0.05) is 6.54 Å². The zero-order valence-electron chi connectivity index (χ0n) is 16.4. The van der Waals surface area contributed by atoms with Crippen molar-refractivity contribution in [1.82, 2.24) is 9.79 Å². The molecule has 2 N–H and O–H groups in total. The first kappa shape index (κ1) is 21.9. The molecule has 2 aromatic rings. The standard InChI is InChI=1S/C20H26N2O5S/c1-20(2,3)18(19(23)21-24)22(14-15-10-6-5-7-11-15)28(25,26)17-13-9-8-12-16(17)27-4/h5-13,18,24H,14H2,1-4H3,(H,21,23)/t18-/m0/s1. The average molecular weight is 407 g/mol. The van der Waals surface area contributed by atoms with E-state index < -0.39 is 27.4 Å². The molecule has 0 saturated carbocycles. The molecule has 0 aromatic heterocycles. The van der Waals surface area contributed by atoms with Gasteiger partial charge < -0.3 is 4.74 Å². The number of benzene rings is 2. The normalized spacial score (nSPS) is 13.2. The Hall–Kier alpha value is -2.42. The summed E-state index contributed by atoms with van der Waals surface area (Å²) in [5.74, 6) is -0.625. The molecular formula is C20H26N2O5S. The van der Waals surface area contributed by atoms with Crippen LogP contribution in [0.25, 0.3) is 0 Å². The van der Waals surface area contributed by atoms with Crippen LogP contribution in [0, 0.1) is 5.41 Å². The number of ether oxygens (including phenoxy) is 1. The molecule has 1 atom stereocenters. The van der Waals surface area contributed by atoms with Gasteiger partial charge in [-0.15, -0.1) is 0 Å². The lowest BCUT2D eigenvalue weighted by atomic mass is 9.86. The van der Waals surface area contributed by atoms with Crippen LogP contribution < -0.4 is 10.2 Å². The maximum atomic E-state index is 13.6. The molecule has 8 heteroatoms. The van der Waals surface area contributed by atoms with Crippen molar-refractivity contribution in [2.75, 3.05) is 7.11 Å². The Labute approximate surface area is 166 Å². The van der Waals surface area contributed by atoms with Crippen molar-refractivity contribution in [2.45, 2.75) is 38.3 Å². The van der Waals surface area contributed by atoms with Crippen LogP contribution in [0.15, 0.2) is 59.5 Å². The molecule has 28 heavy (non-hydrogen) atoms. The molecular weight excluding hydrogens is 380 g/mol. The number of sulfonamides is 1. The van der Waals surface area contributed by atoms with Gasteiger partial charge in [-0.05, 0) is 23.1 Å². The quantitative estimate of drug-likeness (QED) is 0.544. The zero-order valence-corrected chi connectivity index (χ0v) is 17.2. The van der Waals surface area contributed by atoms with Gasteiger partial charge in [0.2, 0.25) is 10.0 Å². The van der Waals surface area contributed by atoms with Gasteiger partial charge in [-0.2, -0.15) is 4.31 Å². The van der Waals surface area contributed by atoms with E-state index in [-0.39, 0.29) is 17.2 Å². The van der Waals surface area contributed by atoms with Crippen molar-refractivity contribution >= 4 is 15.9 Å². The third kappa shape index (κ3) is 4.70. The summed E-state index contributed by atoms with van der Waals surface area (Å²) in [6.07, 6.45) is 0. The van der Waals surface area contributed by atoms with Gasteiger partial charge in [0.25, 0.3) is 5.91 Å². The number of hydrogen-bond acceptors (Lipinski definition) is 5. The van der Waals surface area contributed by atoms with Crippen molar-refractivity contribution in [1.29, 1.82) is 0 Å². The number of rotatable bonds is 7. The van der Waals surface area contributed by atoms with Crippen LogP contribution in [0.5, 0.6) is 5.75 Å². The highest BCUT2D eigenvalue weighted by atomic mass is 32.2. The van der Waals surface area contributed by atoms with Crippen LogP contribution in [0.4, 0.5) is 0 Å². The summed E-state index contributed by atoms with van der Waals surface area (Å²) >= 11 is 0. The Morgan fingerprint density at radius 2 is 1.68 bits per heavy atom. The number of hydroxylamine groups is 1. The summed E-state index contributed by atoms with van der Waals surface area (Å²) in [5, 5.41) is 9.27. The second kappa shape index (κ2) is 8.72. The number of carbonyl (C=O) groups excluding carboxylic acids is 1. The van der Waals surface area contributed by atoms with Crippen LogP contribution in [-0.2, 0) is 21.4 Å². The fourth-order valence-corrected chi connectivity index (χ4v) is 4.97. The summed E-state index contributed by atoms with van der Waals surface area (Å²) in [7, 11) is -2.76. The first-order chi connectivity index (χ1) is 13.1. The predicted molar refractivity (Wildman–Crippen MR) is 105 cm³/mol. The first-order valence-electron chi connectivity index (χ1n) is 8.75. The number of amides is 1. The summed E-state index contributed by atoms with van der Waals surface area (Å²) < 4.78 is 33.5. The van der Waals surface area contributed by atoms with Gasteiger partial charge in [-0.3, -0.25) is 10.0 Å². The second-order valence-corrected chi connectivity index (χ2v) is 9.29. The van der Waals surface area contributed by atoms with E-state index in [2.05, 4.69) is 0 Å². The van der Waals surface area contributed by atoms with Gasteiger partial charge in [-0.1, -0.05) is 63.2 Å². The molecule has 0 unspecified atom stereocenters. The predicted octanol–water partition coefficient (Wildman–Crippen LogP) is 2.81. The van der Waals surface area contributed by atoms with Crippen LogP contribution in [0.2, 0.25) is 0 Å². The van der Waals surface area contributed by atoms with E-state index in [9.17, 15) is 18.4 Å². The molecule has 0 spiro atoms.